The van der Waals surface area contributed by atoms with Gasteiger partial charge in [0.25, 0.3) is 0 Å². The summed E-state index contributed by atoms with van der Waals surface area (Å²) in [5, 5.41) is 3.25. The molecule has 0 spiro atoms. The predicted molar refractivity (Wildman–Crippen MR) is 82.6 cm³/mol. The lowest BCUT2D eigenvalue weighted by Crippen LogP contribution is -2.32. The van der Waals surface area contributed by atoms with Gasteiger partial charge in [-0.05, 0) is 38.5 Å². The fraction of sp³-hybridized carbons (Fsp3) is 0.867. The van der Waals surface area contributed by atoms with E-state index in [1.807, 2.05) is 7.05 Å². The van der Waals surface area contributed by atoms with Gasteiger partial charge in [-0.15, -0.1) is 0 Å². The minimum absolute atomic E-state index is 0.0646. The maximum absolute atomic E-state index is 6.23. The van der Waals surface area contributed by atoms with Gasteiger partial charge in [-0.3, -0.25) is 0 Å². The Kier molecular flexibility index (Phi) is 5.71. The van der Waals surface area contributed by atoms with Crippen LogP contribution in [0.2, 0.25) is 0 Å². The van der Waals surface area contributed by atoms with Crippen molar-refractivity contribution in [2.75, 3.05) is 13.7 Å². The zero-order valence-corrected chi connectivity index (χ0v) is 14.1. The molecule has 5 heteroatoms. The highest BCUT2D eigenvalue weighted by Crippen LogP contribution is 2.44. The van der Waals surface area contributed by atoms with Crippen molar-refractivity contribution >= 4 is 9.03 Å². The van der Waals surface area contributed by atoms with Crippen molar-refractivity contribution < 1.29 is 13.8 Å². The summed E-state index contributed by atoms with van der Waals surface area (Å²) in [6, 6.07) is 0. The first-order valence-corrected chi connectivity index (χ1v) is 8.62. The topological polar surface area (TPSA) is 39.7 Å². The van der Waals surface area contributed by atoms with Crippen LogP contribution in [0.1, 0.15) is 52.9 Å². The first kappa shape index (κ1) is 16.1. The Morgan fingerprint density at radius 1 is 1.40 bits per heavy atom. The number of hydrogen-bond acceptors (Lipinski definition) is 4. The minimum atomic E-state index is -0.275. The average molecular weight is 301 g/mol. The molecule has 1 unspecified atom stereocenters. The molecule has 4 nitrogen and oxygen atoms in total. The standard InChI is InChI=1S/C15H28NO3P/c1-5-9-15(6-2)14(13(16-4)11(3)18-15)19-20-17-10-12-7-8-12/h11-12,16,20H,5-10H2,1-4H3/t11-,15-/m0/s1. The lowest BCUT2D eigenvalue weighted by Gasteiger charge is -2.30. The molecule has 2 rings (SSSR count). The van der Waals surface area contributed by atoms with Crippen molar-refractivity contribution in [2.45, 2.75) is 64.6 Å². The van der Waals surface area contributed by atoms with Gasteiger partial charge in [-0.2, -0.15) is 0 Å². The second-order valence-corrected chi connectivity index (χ2v) is 6.45. The van der Waals surface area contributed by atoms with Gasteiger partial charge in [0.05, 0.1) is 18.4 Å². The number of hydrogen-bond donors (Lipinski definition) is 1. The molecule has 1 heterocycles. The minimum Gasteiger partial charge on any atom is -0.449 e. The molecule has 0 bridgehead atoms. The summed E-state index contributed by atoms with van der Waals surface area (Å²) in [6.07, 6.45) is 5.68. The van der Waals surface area contributed by atoms with E-state index in [0.29, 0.717) is 0 Å². The molecule has 0 aromatic heterocycles. The number of ether oxygens (including phenoxy) is 1. The highest BCUT2D eigenvalue weighted by atomic mass is 31.1. The average Bonchev–Trinajstić information content (AvgIpc) is 3.21. The van der Waals surface area contributed by atoms with Crippen molar-refractivity contribution in [1.29, 1.82) is 0 Å². The molecular weight excluding hydrogens is 273 g/mol. The third kappa shape index (κ3) is 3.47. The Balaban J connectivity index is 2.01. The van der Waals surface area contributed by atoms with Gasteiger partial charge in [0, 0.05) is 7.05 Å². The quantitative estimate of drug-likeness (QED) is 0.520. The van der Waals surface area contributed by atoms with Crippen LogP contribution in [0.25, 0.3) is 0 Å². The van der Waals surface area contributed by atoms with Crippen LogP contribution in [0.4, 0.5) is 0 Å². The number of nitrogens with one attached hydrogen (secondary N) is 1. The Morgan fingerprint density at radius 3 is 2.70 bits per heavy atom. The number of likely N-dealkylation sites (N-methyl/N-ethyl adjacent to an activating group) is 1. The summed E-state index contributed by atoms with van der Waals surface area (Å²) in [6.45, 7) is 7.27. The Labute approximate surface area is 124 Å². The molecule has 0 radical (unpaired) electrons. The Morgan fingerprint density at radius 2 is 2.15 bits per heavy atom. The summed E-state index contributed by atoms with van der Waals surface area (Å²) in [5.41, 5.74) is 0.797. The molecule has 20 heavy (non-hydrogen) atoms. The van der Waals surface area contributed by atoms with Crippen LogP contribution in [0, 0.1) is 5.92 Å². The molecule has 1 aliphatic carbocycles. The second-order valence-electron chi connectivity index (χ2n) is 5.79. The van der Waals surface area contributed by atoms with Gasteiger partial charge in [0.2, 0.25) is 9.03 Å². The Hall–Kier alpha value is -0.310. The van der Waals surface area contributed by atoms with E-state index in [2.05, 4.69) is 26.1 Å². The van der Waals surface area contributed by atoms with Gasteiger partial charge >= 0.3 is 0 Å². The van der Waals surface area contributed by atoms with E-state index in [0.717, 1.165) is 43.2 Å². The summed E-state index contributed by atoms with van der Waals surface area (Å²) in [7, 11) is 2.01. The van der Waals surface area contributed by atoms with E-state index in [-0.39, 0.29) is 20.7 Å². The van der Waals surface area contributed by atoms with Crippen LogP contribution in [0.5, 0.6) is 0 Å². The molecule has 0 aromatic rings. The maximum atomic E-state index is 6.23. The van der Waals surface area contributed by atoms with E-state index >= 15 is 0 Å². The predicted octanol–water partition coefficient (Wildman–Crippen LogP) is 3.74. The van der Waals surface area contributed by atoms with E-state index < -0.39 is 0 Å². The van der Waals surface area contributed by atoms with Crippen LogP contribution in [0.3, 0.4) is 0 Å². The van der Waals surface area contributed by atoms with E-state index in [1.54, 1.807) is 0 Å². The summed E-state index contributed by atoms with van der Waals surface area (Å²) in [5.74, 6) is 1.74. The van der Waals surface area contributed by atoms with Crippen LogP contribution in [-0.4, -0.2) is 25.4 Å². The molecule has 0 aromatic carbocycles. The maximum Gasteiger partial charge on any atom is 0.215 e. The van der Waals surface area contributed by atoms with Crippen molar-refractivity contribution in [1.82, 2.24) is 5.32 Å². The van der Waals surface area contributed by atoms with Gasteiger partial charge in [0.1, 0.15) is 5.60 Å². The van der Waals surface area contributed by atoms with Crippen LogP contribution < -0.4 is 5.32 Å². The summed E-state index contributed by atoms with van der Waals surface area (Å²) in [4.78, 5) is 0. The first-order valence-electron chi connectivity index (χ1n) is 7.80. The molecular formula is C15H28NO3P. The van der Waals surface area contributed by atoms with Crippen molar-refractivity contribution in [3.05, 3.63) is 11.5 Å². The smallest absolute Gasteiger partial charge is 0.215 e. The normalized spacial score (nSPS) is 30.5. The van der Waals surface area contributed by atoms with Crippen LogP contribution in [-0.2, 0) is 13.8 Å². The molecule has 0 amide bonds. The molecule has 1 aliphatic heterocycles. The molecule has 1 fully saturated rings. The lowest BCUT2D eigenvalue weighted by atomic mass is 9.93. The third-order valence-electron chi connectivity index (χ3n) is 4.18. The molecule has 2 aliphatic rings. The summed E-state index contributed by atoms with van der Waals surface area (Å²) < 4.78 is 17.9. The first-order chi connectivity index (χ1) is 9.66. The highest BCUT2D eigenvalue weighted by Gasteiger charge is 2.45. The lowest BCUT2D eigenvalue weighted by molar-refractivity contribution is -0.0480. The van der Waals surface area contributed by atoms with E-state index in [1.165, 1.54) is 12.8 Å². The summed E-state index contributed by atoms with van der Waals surface area (Å²) >= 11 is 0. The van der Waals surface area contributed by atoms with Crippen molar-refractivity contribution in [3.63, 3.8) is 0 Å². The molecule has 1 saturated carbocycles. The fourth-order valence-electron chi connectivity index (χ4n) is 2.85. The van der Waals surface area contributed by atoms with Crippen molar-refractivity contribution in [2.24, 2.45) is 5.92 Å². The fourth-order valence-corrected chi connectivity index (χ4v) is 3.59. The highest BCUT2D eigenvalue weighted by molar-refractivity contribution is 7.26. The molecule has 3 atom stereocenters. The van der Waals surface area contributed by atoms with Crippen LogP contribution in [0.15, 0.2) is 11.5 Å². The second kappa shape index (κ2) is 7.11. The van der Waals surface area contributed by atoms with Crippen LogP contribution >= 0.6 is 9.03 Å². The zero-order chi connectivity index (χ0) is 14.6. The number of rotatable bonds is 9. The largest absolute Gasteiger partial charge is 0.449 e. The molecule has 1 N–H and O–H groups in total. The molecule has 116 valence electrons. The van der Waals surface area contributed by atoms with Gasteiger partial charge < -0.3 is 19.1 Å². The monoisotopic (exact) mass is 301 g/mol. The van der Waals surface area contributed by atoms with E-state index in [4.69, 9.17) is 13.8 Å². The zero-order valence-electron chi connectivity index (χ0n) is 13.1. The van der Waals surface area contributed by atoms with E-state index in [9.17, 15) is 0 Å². The van der Waals surface area contributed by atoms with Gasteiger partial charge in [-0.1, -0.05) is 20.3 Å². The third-order valence-corrected chi connectivity index (χ3v) is 4.75. The van der Waals surface area contributed by atoms with Gasteiger partial charge in [-0.25, -0.2) is 0 Å². The van der Waals surface area contributed by atoms with Crippen molar-refractivity contribution in [3.8, 4) is 0 Å². The SMILES string of the molecule is CCC[C@]1(CC)O[C@@H](C)C(NC)=C1OPOCC1CC1. The molecule has 0 saturated heterocycles. The Bertz CT molecular complexity index is 357. The van der Waals surface area contributed by atoms with Gasteiger partial charge in [0.15, 0.2) is 5.76 Å².